The van der Waals surface area contributed by atoms with Crippen LogP contribution in [0.15, 0.2) is 53.1 Å². The van der Waals surface area contributed by atoms with Gasteiger partial charge in [-0.3, -0.25) is 19.7 Å². The lowest BCUT2D eigenvalue weighted by molar-refractivity contribution is -0.384. The van der Waals surface area contributed by atoms with E-state index in [1.807, 2.05) is 6.07 Å². The molecule has 1 heterocycles. The van der Waals surface area contributed by atoms with Crippen LogP contribution in [0.2, 0.25) is 5.02 Å². The van der Waals surface area contributed by atoms with Crippen LogP contribution >= 0.6 is 11.6 Å². The number of hydrogen-bond donors (Lipinski definition) is 2. The third kappa shape index (κ3) is 4.47. The number of halogens is 1. The number of carbonyl (C=O) groups excluding carboxylic acids is 1. The first-order valence-corrected chi connectivity index (χ1v) is 9.14. The van der Waals surface area contributed by atoms with Gasteiger partial charge in [-0.15, -0.1) is 0 Å². The van der Waals surface area contributed by atoms with E-state index in [2.05, 4.69) is 10.5 Å². The van der Waals surface area contributed by atoms with Crippen LogP contribution in [-0.2, 0) is 4.79 Å². The van der Waals surface area contributed by atoms with Crippen LogP contribution in [-0.4, -0.2) is 27.1 Å². The summed E-state index contributed by atoms with van der Waals surface area (Å²) in [5.74, 6) is -1.61. The first-order valence-electron chi connectivity index (χ1n) is 8.76. The molecule has 0 unspecified atom stereocenters. The van der Waals surface area contributed by atoms with E-state index < -0.39 is 29.3 Å². The van der Waals surface area contributed by atoms with Crippen molar-refractivity contribution in [1.29, 1.82) is 0 Å². The lowest BCUT2D eigenvalue weighted by Crippen LogP contribution is -2.31. The zero-order valence-electron chi connectivity index (χ0n) is 15.7. The lowest BCUT2D eigenvalue weighted by atomic mass is 10.0. The minimum Gasteiger partial charge on any atom is -0.481 e. The predicted octanol–water partition coefficient (Wildman–Crippen LogP) is 4.16. The Kier molecular flexibility index (Phi) is 6.12. The SMILES string of the molecule is Cc1onc(-c2ccccc2)c1C(=O)N[C@H](CC(=O)O)c1cc([N+](=O)[O-])ccc1Cl. The predicted molar refractivity (Wildman–Crippen MR) is 107 cm³/mol. The van der Waals surface area contributed by atoms with E-state index in [-0.39, 0.29) is 27.6 Å². The molecule has 3 aromatic rings. The molecule has 3 rings (SSSR count). The van der Waals surface area contributed by atoms with Gasteiger partial charge in [0.25, 0.3) is 11.6 Å². The standard InChI is InChI=1S/C20H16ClN3O6/c1-11-18(19(23-30-11)12-5-3-2-4-6-12)20(27)22-16(10-17(25)26)14-9-13(24(28)29)7-8-15(14)21/h2-9,16H,10H2,1H3,(H,22,27)(H,25,26)/t16-/m1/s1. The summed E-state index contributed by atoms with van der Waals surface area (Å²) in [6.07, 6.45) is -0.530. The topological polar surface area (TPSA) is 136 Å². The lowest BCUT2D eigenvalue weighted by Gasteiger charge is -2.18. The number of carboxylic acids is 1. The molecule has 0 radical (unpaired) electrons. The maximum atomic E-state index is 13.0. The quantitative estimate of drug-likeness (QED) is 0.425. The Balaban J connectivity index is 1.99. The van der Waals surface area contributed by atoms with E-state index in [4.69, 9.17) is 16.1 Å². The summed E-state index contributed by atoms with van der Waals surface area (Å²) >= 11 is 6.15. The molecule has 0 aliphatic carbocycles. The Morgan fingerprint density at radius 3 is 2.60 bits per heavy atom. The van der Waals surface area contributed by atoms with Crippen LogP contribution in [0, 0.1) is 17.0 Å². The number of rotatable bonds is 7. The first kappa shape index (κ1) is 21.0. The zero-order valence-corrected chi connectivity index (χ0v) is 16.4. The number of non-ortho nitro benzene ring substituents is 1. The Morgan fingerprint density at radius 1 is 1.27 bits per heavy atom. The summed E-state index contributed by atoms with van der Waals surface area (Å²) in [6, 6.07) is 11.4. The Labute approximate surface area is 175 Å². The van der Waals surface area contributed by atoms with Crippen LogP contribution in [0.3, 0.4) is 0 Å². The van der Waals surface area contributed by atoms with E-state index in [1.165, 1.54) is 12.1 Å². The number of nitrogens with zero attached hydrogens (tertiary/aromatic N) is 2. The van der Waals surface area contributed by atoms with E-state index in [0.717, 1.165) is 6.07 Å². The molecule has 10 heteroatoms. The molecule has 154 valence electrons. The second-order valence-electron chi connectivity index (χ2n) is 6.42. The van der Waals surface area contributed by atoms with Crippen molar-refractivity contribution in [2.75, 3.05) is 0 Å². The molecule has 0 bridgehead atoms. The van der Waals surface area contributed by atoms with E-state index in [9.17, 15) is 24.8 Å². The summed E-state index contributed by atoms with van der Waals surface area (Å²) in [5.41, 5.74) is 0.924. The Bertz CT molecular complexity index is 1110. The molecule has 0 fully saturated rings. The van der Waals surface area contributed by atoms with E-state index in [0.29, 0.717) is 11.3 Å². The summed E-state index contributed by atoms with van der Waals surface area (Å²) in [4.78, 5) is 34.9. The maximum Gasteiger partial charge on any atom is 0.305 e. The normalized spacial score (nSPS) is 11.7. The van der Waals surface area contributed by atoms with Gasteiger partial charge in [0.1, 0.15) is 17.0 Å². The molecule has 9 nitrogen and oxygen atoms in total. The summed E-state index contributed by atoms with van der Waals surface area (Å²) in [7, 11) is 0. The van der Waals surface area contributed by atoms with Crippen LogP contribution in [0.1, 0.15) is 34.1 Å². The monoisotopic (exact) mass is 429 g/mol. The van der Waals surface area contributed by atoms with Gasteiger partial charge in [0.05, 0.1) is 17.4 Å². The summed E-state index contributed by atoms with van der Waals surface area (Å²) in [5, 5.41) is 27.0. The second kappa shape index (κ2) is 8.75. The van der Waals surface area contributed by atoms with E-state index in [1.54, 1.807) is 31.2 Å². The minimum atomic E-state index is -1.21. The molecule has 0 aliphatic heterocycles. The zero-order chi connectivity index (χ0) is 21.8. The molecule has 2 aromatic carbocycles. The third-order valence-corrected chi connectivity index (χ3v) is 4.73. The van der Waals surface area contributed by atoms with Crippen molar-refractivity contribution in [3.05, 3.63) is 80.6 Å². The molecule has 1 amide bonds. The summed E-state index contributed by atoms with van der Waals surface area (Å²) in [6.45, 7) is 1.56. The van der Waals surface area contributed by atoms with Gasteiger partial charge in [-0.05, 0) is 13.0 Å². The Hall–Kier alpha value is -3.72. The maximum absolute atomic E-state index is 13.0. The molecular weight excluding hydrogens is 414 g/mol. The number of benzene rings is 2. The van der Waals surface area contributed by atoms with Gasteiger partial charge < -0.3 is 14.9 Å². The average Bonchev–Trinajstić information content (AvgIpc) is 3.09. The van der Waals surface area contributed by atoms with Crippen molar-refractivity contribution >= 4 is 29.2 Å². The fourth-order valence-electron chi connectivity index (χ4n) is 2.99. The number of carboxylic acid groups (broad SMARTS) is 1. The van der Waals surface area contributed by atoms with Gasteiger partial charge in [-0.25, -0.2) is 0 Å². The highest BCUT2D eigenvalue weighted by Crippen LogP contribution is 2.31. The van der Waals surface area contributed by atoms with Gasteiger partial charge in [-0.1, -0.05) is 47.1 Å². The van der Waals surface area contributed by atoms with Crippen molar-refractivity contribution in [2.45, 2.75) is 19.4 Å². The molecule has 0 saturated heterocycles. The highest BCUT2D eigenvalue weighted by molar-refractivity contribution is 6.31. The highest BCUT2D eigenvalue weighted by Gasteiger charge is 2.27. The number of nitrogens with one attached hydrogen (secondary N) is 1. The number of aromatic nitrogens is 1. The van der Waals surface area contributed by atoms with Crippen molar-refractivity contribution in [3.8, 4) is 11.3 Å². The van der Waals surface area contributed by atoms with Gasteiger partial charge in [-0.2, -0.15) is 0 Å². The van der Waals surface area contributed by atoms with Gasteiger partial charge in [0.2, 0.25) is 0 Å². The van der Waals surface area contributed by atoms with Gasteiger partial charge in [0.15, 0.2) is 0 Å². The van der Waals surface area contributed by atoms with Crippen molar-refractivity contribution in [3.63, 3.8) is 0 Å². The molecule has 30 heavy (non-hydrogen) atoms. The molecule has 1 aromatic heterocycles. The number of aliphatic carboxylic acids is 1. The molecule has 0 saturated carbocycles. The van der Waals surface area contributed by atoms with Gasteiger partial charge in [0, 0.05) is 28.3 Å². The Morgan fingerprint density at radius 2 is 1.97 bits per heavy atom. The molecule has 0 spiro atoms. The highest BCUT2D eigenvalue weighted by atomic mass is 35.5. The second-order valence-corrected chi connectivity index (χ2v) is 6.82. The van der Waals surface area contributed by atoms with Crippen LogP contribution < -0.4 is 5.32 Å². The minimum absolute atomic E-state index is 0.0949. The number of hydrogen-bond acceptors (Lipinski definition) is 6. The number of aryl methyl sites for hydroxylation is 1. The average molecular weight is 430 g/mol. The van der Waals surface area contributed by atoms with Crippen molar-refractivity contribution < 1.29 is 24.1 Å². The largest absolute Gasteiger partial charge is 0.481 e. The van der Waals surface area contributed by atoms with Crippen molar-refractivity contribution in [2.24, 2.45) is 0 Å². The molecule has 2 N–H and O–H groups in total. The van der Waals surface area contributed by atoms with Crippen molar-refractivity contribution in [1.82, 2.24) is 10.5 Å². The third-order valence-electron chi connectivity index (χ3n) is 4.39. The fraction of sp³-hybridized carbons (Fsp3) is 0.150. The molecular formula is C20H16ClN3O6. The first-order chi connectivity index (χ1) is 14.3. The van der Waals surface area contributed by atoms with Crippen LogP contribution in [0.5, 0.6) is 0 Å². The smallest absolute Gasteiger partial charge is 0.305 e. The van der Waals surface area contributed by atoms with Crippen LogP contribution in [0.25, 0.3) is 11.3 Å². The molecule has 0 aliphatic rings. The number of nitro groups is 1. The fourth-order valence-corrected chi connectivity index (χ4v) is 3.24. The molecule has 1 atom stereocenters. The summed E-state index contributed by atoms with van der Waals surface area (Å²) < 4.78 is 5.17. The number of carbonyl (C=O) groups is 2. The number of nitro benzene ring substituents is 1. The number of amides is 1. The van der Waals surface area contributed by atoms with E-state index >= 15 is 0 Å². The van der Waals surface area contributed by atoms with Gasteiger partial charge >= 0.3 is 5.97 Å². The van der Waals surface area contributed by atoms with Crippen LogP contribution in [0.4, 0.5) is 5.69 Å².